The lowest BCUT2D eigenvalue weighted by Crippen LogP contribution is -2.55. The zero-order valence-corrected chi connectivity index (χ0v) is 17.2. The molecule has 1 aliphatic heterocycles. The zero-order valence-electron chi connectivity index (χ0n) is 16.4. The fraction of sp³-hybridized carbons (Fsp3) is 0.706. The minimum Gasteiger partial charge on any atom is -0.480 e. The van der Waals surface area contributed by atoms with Gasteiger partial charge in [0, 0.05) is 13.0 Å². The average molecular weight is 432 g/mol. The second-order valence-electron chi connectivity index (χ2n) is 6.76. The monoisotopic (exact) mass is 431 g/mol. The molecule has 1 heterocycles. The summed E-state index contributed by atoms with van der Waals surface area (Å²) in [4.78, 5) is 60.6. The lowest BCUT2D eigenvalue weighted by Gasteiger charge is -2.28. The molecule has 1 aliphatic rings. The fourth-order valence-corrected chi connectivity index (χ4v) is 3.48. The van der Waals surface area contributed by atoms with Crippen molar-refractivity contribution in [3.63, 3.8) is 0 Å². The Bertz CT molecular complexity index is 631. The highest BCUT2D eigenvalue weighted by Crippen LogP contribution is 2.19. The molecular formula is C17H29N5O6S. The first-order valence-electron chi connectivity index (χ1n) is 9.30. The third-order valence-corrected chi connectivity index (χ3v) is 5.16. The summed E-state index contributed by atoms with van der Waals surface area (Å²) in [5, 5.41) is 13.4. The summed E-state index contributed by atoms with van der Waals surface area (Å²) < 4.78 is 0. The van der Waals surface area contributed by atoms with Crippen molar-refractivity contribution in [2.75, 3.05) is 25.1 Å². The van der Waals surface area contributed by atoms with Gasteiger partial charge in [0.05, 0.1) is 6.04 Å². The van der Waals surface area contributed by atoms with Crippen LogP contribution in [0.15, 0.2) is 0 Å². The topological polar surface area (TPSA) is 185 Å². The quantitative estimate of drug-likeness (QED) is 0.235. The van der Waals surface area contributed by atoms with Crippen molar-refractivity contribution in [3.8, 4) is 0 Å². The van der Waals surface area contributed by atoms with Crippen LogP contribution in [0.5, 0.6) is 0 Å². The van der Waals surface area contributed by atoms with Crippen molar-refractivity contribution < 1.29 is 29.1 Å². The molecule has 1 fully saturated rings. The number of nitrogens with two attached hydrogens (primary N) is 2. The molecule has 0 spiro atoms. The van der Waals surface area contributed by atoms with Crippen molar-refractivity contribution in [3.05, 3.63) is 0 Å². The lowest BCUT2D eigenvalue weighted by atomic mass is 10.1. The van der Waals surface area contributed by atoms with Crippen molar-refractivity contribution in [2.45, 2.75) is 50.2 Å². The Morgan fingerprint density at radius 1 is 1.24 bits per heavy atom. The van der Waals surface area contributed by atoms with E-state index in [9.17, 15) is 24.0 Å². The number of nitrogens with one attached hydrogen (secondary N) is 2. The number of carboxylic acids is 1. The normalized spacial score (nSPS) is 18.0. The number of likely N-dealkylation sites (tertiary alicyclic amines) is 1. The minimum absolute atomic E-state index is 0.0829. The van der Waals surface area contributed by atoms with Crippen LogP contribution in [0.25, 0.3) is 0 Å². The van der Waals surface area contributed by atoms with Crippen LogP contribution in [-0.2, 0) is 24.0 Å². The standard InChI is InChI=1S/C17H29N5O6S/c1-29-8-6-10(18)17(28)22-7-2-3-12(22)16(27)21-11(4-5-13(19)23)15(26)20-9-14(24)25/h10-12H,2-9,18H2,1H3,(H2,19,23)(H,20,26)(H,21,27)(H,24,25). The predicted molar refractivity (Wildman–Crippen MR) is 107 cm³/mol. The molecule has 1 saturated heterocycles. The molecular weight excluding hydrogens is 402 g/mol. The Labute approximate surface area is 173 Å². The molecule has 29 heavy (non-hydrogen) atoms. The predicted octanol–water partition coefficient (Wildman–Crippen LogP) is -1.99. The van der Waals surface area contributed by atoms with Crippen molar-refractivity contribution in [1.82, 2.24) is 15.5 Å². The van der Waals surface area contributed by atoms with Gasteiger partial charge >= 0.3 is 5.97 Å². The molecule has 1 rings (SSSR count). The number of primary amides is 1. The highest BCUT2D eigenvalue weighted by molar-refractivity contribution is 7.98. The van der Waals surface area contributed by atoms with E-state index in [2.05, 4.69) is 10.6 Å². The van der Waals surface area contributed by atoms with Gasteiger partial charge < -0.3 is 32.1 Å². The Hall–Kier alpha value is -2.34. The molecule has 0 bridgehead atoms. The van der Waals surface area contributed by atoms with Gasteiger partial charge in [-0.1, -0.05) is 0 Å². The van der Waals surface area contributed by atoms with Crippen LogP contribution in [-0.4, -0.2) is 82.8 Å². The van der Waals surface area contributed by atoms with E-state index >= 15 is 0 Å². The molecule has 0 saturated carbocycles. The number of hydrogen-bond acceptors (Lipinski definition) is 7. The van der Waals surface area contributed by atoms with Gasteiger partial charge in [0.15, 0.2) is 0 Å². The Kier molecular flexibility index (Phi) is 10.5. The van der Waals surface area contributed by atoms with Gasteiger partial charge in [0.25, 0.3) is 0 Å². The molecule has 12 heteroatoms. The summed E-state index contributed by atoms with van der Waals surface area (Å²) >= 11 is 1.57. The van der Waals surface area contributed by atoms with E-state index < -0.39 is 48.4 Å². The molecule has 0 aliphatic carbocycles. The number of thioether (sulfide) groups is 1. The maximum Gasteiger partial charge on any atom is 0.322 e. The van der Waals surface area contributed by atoms with Gasteiger partial charge in [-0.15, -0.1) is 0 Å². The summed E-state index contributed by atoms with van der Waals surface area (Å²) in [5.74, 6) is -2.79. The summed E-state index contributed by atoms with van der Waals surface area (Å²) in [5.41, 5.74) is 11.0. The highest BCUT2D eigenvalue weighted by atomic mass is 32.2. The average Bonchev–Trinajstić information content (AvgIpc) is 3.16. The Morgan fingerprint density at radius 3 is 2.52 bits per heavy atom. The smallest absolute Gasteiger partial charge is 0.322 e. The van der Waals surface area contributed by atoms with E-state index in [-0.39, 0.29) is 18.7 Å². The molecule has 0 aromatic carbocycles. The van der Waals surface area contributed by atoms with Crippen LogP contribution in [0, 0.1) is 0 Å². The van der Waals surface area contributed by atoms with Gasteiger partial charge in [-0.05, 0) is 37.7 Å². The van der Waals surface area contributed by atoms with Crippen LogP contribution < -0.4 is 22.1 Å². The molecule has 0 aromatic rings. The number of amides is 4. The highest BCUT2D eigenvalue weighted by Gasteiger charge is 2.37. The Balaban J connectivity index is 2.79. The van der Waals surface area contributed by atoms with E-state index in [4.69, 9.17) is 16.6 Å². The van der Waals surface area contributed by atoms with E-state index in [1.807, 2.05) is 6.26 Å². The number of nitrogens with zero attached hydrogens (tertiary/aromatic N) is 1. The van der Waals surface area contributed by atoms with Crippen molar-refractivity contribution >= 4 is 41.4 Å². The number of carboxylic acid groups (broad SMARTS) is 1. The second kappa shape index (κ2) is 12.3. The van der Waals surface area contributed by atoms with E-state index in [1.165, 1.54) is 4.90 Å². The number of hydrogen-bond donors (Lipinski definition) is 5. The largest absolute Gasteiger partial charge is 0.480 e. The maximum atomic E-state index is 12.7. The zero-order chi connectivity index (χ0) is 22.0. The number of carbonyl (C=O) groups excluding carboxylic acids is 4. The third-order valence-electron chi connectivity index (χ3n) is 4.51. The Morgan fingerprint density at radius 2 is 1.93 bits per heavy atom. The molecule has 11 nitrogen and oxygen atoms in total. The van der Waals surface area contributed by atoms with Crippen molar-refractivity contribution in [1.29, 1.82) is 0 Å². The minimum atomic E-state index is -1.25. The van der Waals surface area contributed by atoms with Crippen LogP contribution in [0.1, 0.15) is 32.1 Å². The molecule has 3 atom stereocenters. The van der Waals surface area contributed by atoms with E-state index in [1.54, 1.807) is 11.8 Å². The van der Waals surface area contributed by atoms with Crippen molar-refractivity contribution in [2.24, 2.45) is 11.5 Å². The molecule has 0 aromatic heterocycles. The molecule has 0 radical (unpaired) electrons. The lowest BCUT2D eigenvalue weighted by molar-refractivity contribution is -0.141. The first kappa shape index (κ1) is 24.7. The molecule has 7 N–H and O–H groups in total. The van der Waals surface area contributed by atoms with Crippen LogP contribution in [0.3, 0.4) is 0 Å². The fourth-order valence-electron chi connectivity index (χ4n) is 2.99. The summed E-state index contributed by atoms with van der Waals surface area (Å²) in [6, 6.07) is -2.62. The summed E-state index contributed by atoms with van der Waals surface area (Å²) in [7, 11) is 0. The van der Waals surface area contributed by atoms with Crippen LogP contribution in [0.4, 0.5) is 0 Å². The van der Waals surface area contributed by atoms with Crippen LogP contribution in [0.2, 0.25) is 0 Å². The first-order chi connectivity index (χ1) is 13.7. The van der Waals surface area contributed by atoms with Gasteiger partial charge in [-0.3, -0.25) is 24.0 Å². The number of rotatable bonds is 12. The third kappa shape index (κ3) is 8.28. The first-order valence-corrected chi connectivity index (χ1v) is 10.7. The van der Waals surface area contributed by atoms with Gasteiger partial charge in [0.1, 0.15) is 18.6 Å². The van der Waals surface area contributed by atoms with Gasteiger partial charge in [-0.25, -0.2) is 0 Å². The summed E-state index contributed by atoms with van der Waals surface area (Å²) in [6.45, 7) is -0.235. The van der Waals surface area contributed by atoms with Gasteiger partial charge in [-0.2, -0.15) is 11.8 Å². The van der Waals surface area contributed by atoms with E-state index in [0.717, 1.165) is 5.75 Å². The molecule has 3 unspecified atom stereocenters. The maximum absolute atomic E-state index is 12.7. The second-order valence-corrected chi connectivity index (χ2v) is 7.74. The summed E-state index contributed by atoms with van der Waals surface area (Å²) in [6.07, 6.45) is 3.19. The van der Waals surface area contributed by atoms with Crippen LogP contribution >= 0.6 is 11.8 Å². The van der Waals surface area contributed by atoms with Gasteiger partial charge in [0.2, 0.25) is 23.6 Å². The van der Waals surface area contributed by atoms with E-state index in [0.29, 0.717) is 25.8 Å². The SMILES string of the molecule is CSCCC(N)C(=O)N1CCCC1C(=O)NC(CCC(N)=O)C(=O)NCC(=O)O. The molecule has 164 valence electrons. The molecule has 4 amide bonds. The number of carbonyl (C=O) groups is 5. The number of aliphatic carboxylic acids is 1.